The number of hydrogen-bond donors (Lipinski definition) is 2. The number of H-pyrrole nitrogens is 1. The number of fused-ring (bicyclic) bond motifs is 1. The number of nitrogens with one attached hydrogen (secondary N) is 2. The molecule has 1 atom stereocenters. The number of carbonyl (C=O) groups is 1. The van der Waals surface area contributed by atoms with Crippen molar-refractivity contribution in [1.82, 2.24) is 20.2 Å². The van der Waals surface area contributed by atoms with Gasteiger partial charge < -0.3 is 15.0 Å². The molecular formula is C20H26N4O3. The summed E-state index contributed by atoms with van der Waals surface area (Å²) in [6, 6.07) is 7.75. The number of likely N-dealkylation sites (tertiary alicyclic amines) is 1. The van der Waals surface area contributed by atoms with Gasteiger partial charge in [-0.2, -0.15) is 0 Å². The molecule has 2 aliphatic rings. The fourth-order valence-electron chi connectivity index (χ4n) is 4.14. The fraction of sp³-hybridized carbons (Fsp3) is 0.550. The molecule has 0 bridgehead atoms. The summed E-state index contributed by atoms with van der Waals surface area (Å²) in [5, 5.41) is 3.52. The molecule has 0 unspecified atom stereocenters. The zero-order chi connectivity index (χ0) is 18.6. The molecule has 27 heavy (non-hydrogen) atoms. The van der Waals surface area contributed by atoms with Crippen molar-refractivity contribution in [3.63, 3.8) is 0 Å². The summed E-state index contributed by atoms with van der Waals surface area (Å²) in [5.74, 6) is 0.528. The molecule has 0 saturated carbocycles. The van der Waals surface area contributed by atoms with Crippen LogP contribution in [0.1, 0.15) is 31.5 Å². The predicted octanol–water partition coefficient (Wildman–Crippen LogP) is 1.43. The average Bonchev–Trinajstić information content (AvgIpc) is 2.73. The number of ether oxygens (including phenoxy) is 1. The number of nitrogens with zero attached hydrogens (tertiary/aromatic N) is 2. The number of piperidine rings is 1. The van der Waals surface area contributed by atoms with Crippen LogP contribution in [0.5, 0.6) is 0 Å². The van der Waals surface area contributed by atoms with Crippen molar-refractivity contribution in [2.24, 2.45) is 5.92 Å². The summed E-state index contributed by atoms with van der Waals surface area (Å²) in [6.45, 7) is 3.75. The van der Waals surface area contributed by atoms with Crippen molar-refractivity contribution < 1.29 is 9.53 Å². The summed E-state index contributed by atoms with van der Waals surface area (Å²) in [7, 11) is 0. The van der Waals surface area contributed by atoms with E-state index in [-0.39, 0.29) is 23.9 Å². The van der Waals surface area contributed by atoms with Gasteiger partial charge in [-0.3, -0.25) is 14.5 Å². The lowest BCUT2D eigenvalue weighted by Crippen LogP contribution is -2.48. The molecule has 0 aliphatic carbocycles. The number of amides is 1. The molecule has 0 radical (unpaired) electrons. The Hall–Kier alpha value is -2.25. The van der Waals surface area contributed by atoms with E-state index in [1.165, 1.54) is 0 Å². The number of hydrogen-bond acceptors (Lipinski definition) is 5. The molecule has 2 N–H and O–H groups in total. The van der Waals surface area contributed by atoms with Crippen molar-refractivity contribution in [3.05, 3.63) is 40.4 Å². The topological polar surface area (TPSA) is 87.3 Å². The number of para-hydroxylation sites is 1. The van der Waals surface area contributed by atoms with Crippen LogP contribution < -0.4 is 10.9 Å². The first-order valence-electron chi connectivity index (χ1n) is 9.78. The van der Waals surface area contributed by atoms with Gasteiger partial charge in [0, 0.05) is 25.8 Å². The zero-order valence-corrected chi connectivity index (χ0v) is 15.4. The summed E-state index contributed by atoms with van der Waals surface area (Å²) in [6.07, 6.45) is 4.06. The first-order valence-corrected chi connectivity index (χ1v) is 9.78. The van der Waals surface area contributed by atoms with Crippen LogP contribution in [0.3, 0.4) is 0 Å². The van der Waals surface area contributed by atoms with Crippen molar-refractivity contribution in [3.8, 4) is 0 Å². The van der Waals surface area contributed by atoms with Gasteiger partial charge in [0.25, 0.3) is 5.56 Å². The van der Waals surface area contributed by atoms with Gasteiger partial charge in [-0.15, -0.1) is 0 Å². The van der Waals surface area contributed by atoms with Crippen LogP contribution in [0.4, 0.5) is 0 Å². The van der Waals surface area contributed by atoms with Crippen LogP contribution in [0.25, 0.3) is 10.9 Å². The average molecular weight is 370 g/mol. The standard InChI is InChI=1S/C20H26N4O3/c25-19(14-4-3-9-24(13-14)15-7-10-27-11-8-15)21-12-18-22-17-6-2-1-5-16(17)20(26)23-18/h1-2,5-6,14-15H,3-4,7-13H2,(H,21,25)(H,22,23,26)/t14-/m0/s1. The van der Waals surface area contributed by atoms with Crippen molar-refractivity contribution in [1.29, 1.82) is 0 Å². The highest BCUT2D eigenvalue weighted by atomic mass is 16.5. The number of carbonyl (C=O) groups excluding carboxylic acids is 1. The first kappa shape index (κ1) is 18.1. The summed E-state index contributed by atoms with van der Waals surface area (Å²) in [5.41, 5.74) is 0.474. The summed E-state index contributed by atoms with van der Waals surface area (Å²) < 4.78 is 5.45. The van der Waals surface area contributed by atoms with Crippen LogP contribution >= 0.6 is 0 Å². The molecule has 7 heteroatoms. The first-order chi connectivity index (χ1) is 13.2. The van der Waals surface area contributed by atoms with Gasteiger partial charge in [0.2, 0.25) is 5.91 Å². The van der Waals surface area contributed by atoms with E-state index in [9.17, 15) is 9.59 Å². The number of benzene rings is 1. The Balaban J connectivity index is 1.37. The monoisotopic (exact) mass is 370 g/mol. The highest BCUT2D eigenvalue weighted by Gasteiger charge is 2.30. The summed E-state index contributed by atoms with van der Waals surface area (Å²) >= 11 is 0. The number of aromatic nitrogens is 2. The maximum absolute atomic E-state index is 12.7. The normalized spacial score (nSPS) is 22.0. The Morgan fingerprint density at radius 3 is 2.93 bits per heavy atom. The van der Waals surface area contributed by atoms with Crippen LogP contribution in [-0.4, -0.2) is 53.1 Å². The van der Waals surface area contributed by atoms with Crippen LogP contribution in [0.15, 0.2) is 29.1 Å². The van der Waals surface area contributed by atoms with E-state index in [1.807, 2.05) is 18.2 Å². The minimum atomic E-state index is -0.173. The van der Waals surface area contributed by atoms with Crippen LogP contribution in [-0.2, 0) is 16.1 Å². The Kier molecular flexibility index (Phi) is 5.50. The van der Waals surface area contributed by atoms with Crippen molar-refractivity contribution in [2.75, 3.05) is 26.3 Å². The van der Waals surface area contributed by atoms with Crippen molar-refractivity contribution in [2.45, 2.75) is 38.3 Å². The van der Waals surface area contributed by atoms with Gasteiger partial charge in [-0.1, -0.05) is 12.1 Å². The minimum Gasteiger partial charge on any atom is -0.381 e. The Labute approximate surface area is 158 Å². The maximum Gasteiger partial charge on any atom is 0.258 e. The molecule has 2 saturated heterocycles. The van der Waals surface area contributed by atoms with E-state index in [2.05, 4.69) is 20.2 Å². The minimum absolute atomic E-state index is 0.00577. The van der Waals surface area contributed by atoms with E-state index in [4.69, 9.17) is 4.74 Å². The van der Waals surface area contributed by atoms with E-state index in [1.54, 1.807) is 6.07 Å². The van der Waals surface area contributed by atoms with E-state index in [0.717, 1.165) is 52.0 Å². The zero-order valence-electron chi connectivity index (χ0n) is 15.4. The molecule has 1 amide bonds. The second kappa shape index (κ2) is 8.19. The van der Waals surface area contributed by atoms with Crippen LogP contribution in [0.2, 0.25) is 0 Å². The molecule has 144 valence electrons. The Morgan fingerprint density at radius 2 is 2.07 bits per heavy atom. The second-order valence-corrected chi connectivity index (χ2v) is 7.43. The molecule has 4 rings (SSSR count). The largest absolute Gasteiger partial charge is 0.381 e. The molecule has 7 nitrogen and oxygen atoms in total. The van der Waals surface area contributed by atoms with Gasteiger partial charge in [-0.25, -0.2) is 4.98 Å². The third-order valence-corrected chi connectivity index (χ3v) is 5.62. The third kappa shape index (κ3) is 4.20. The van der Waals surface area contributed by atoms with Gasteiger partial charge in [0.15, 0.2) is 0 Å². The molecule has 3 heterocycles. The molecule has 2 aliphatic heterocycles. The fourth-order valence-corrected chi connectivity index (χ4v) is 4.14. The van der Waals surface area contributed by atoms with E-state index >= 15 is 0 Å². The lowest BCUT2D eigenvalue weighted by molar-refractivity contribution is -0.127. The Morgan fingerprint density at radius 1 is 1.26 bits per heavy atom. The van der Waals surface area contributed by atoms with E-state index < -0.39 is 0 Å². The quantitative estimate of drug-likeness (QED) is 0.850. The second-order valence-electron chi connectivity index (χ2n) is 7.43. The molecule has 2 fully saturated rings. The smallest absolute Gasteiger partial charge is 0.258 e. The molecule has 1 aromatic heterocycles. The highest BCUT2D eigenvalue weighted by Crippen LogP contribution is 2.23. The highest BCUT2D eigenvalue weighted by molar-refractivity contribution is 5.79. The number of rotatable bonds is 4. The third-order valence-electron chi connectivity index (χ3n) is 5.62. The number of aromatic amines is 1. The molecule has 1 aromatic carbocycles. The van der Waals surface area contributed by atoms with Crippen LogP contribution in [0, 0.1) is 5.92 Å². The maximum atomic E-state index is 12.7. The molecular weight excluding hydrogens is 344 g/mol. The lowest BCUT2D eigenvalue weighted by Gasteiger charge is -2.39. The Bertz CT molecular complexity index is 860. The predicted molar refractivity (Wildman–Crippen MR) is 102 cm³/mol. The van der Waals surface area contributed by atoms with Gasteiger partial charge in [-0.05, 0) is 44.4 Å². The van der Waals surface area contributed by atoms with Gasteiger partial charge in [0.05, 0.1) is 23.4 Å². The van der Waals surface area contributed by atoms with Gasteiger partial charge >= 0.3 is 0 Å². The summed E-state index contributed by atoms with van der Waals surface area (Å²) in [4.78, 5) is 34.5. The van der Waals surface area contributed by atoms with E-state index in [0.29, 0.717) is 22.8 Å². The van der Waals surface area contributed by atoms with Gasteiger partial charge in [0.1, 0.15) is 5.82 Å². The lowest BCUT2D eigenvalue weighted by atomic mass is 9.94. The molecule has 2 aromatic rings. The molecule has 0 spiro atoms. The SMILES string of the molecule is O=C(NCc1nc2ccccc2c(=O)[nH]1)[C@H]1CCCN(C2CCOCC2)C1. The van der Waals surface area contributed by atoms with Crippen molar-refractivity contribution >= 4 is 16.8 Å².